The zero-order valence-electron chi connectivity index (χ0n) is 9.98. The highest BCUT2D eigenvalue weighted by molar-refractivity contribution is 6.09. The van der Waals surface area contributed by atoms with Gasteiger partial charge in [0, 0.05) is 5.56 Å². The lowest BCUT2D eigenvalue weighted by Gasteiger charge is -2.06. The van der Waals surface area contributed by atoms with Crippen molar-refractivity contribution < 1.29 is 0 Å². The topological polar surface area (TPSA) is 26.0 Å². The summed E-state index contributed by atoms with van der Waals surface area (Å²) < 4.78 is 0. The zero-order chi connectivity index (χ0) is 12.4. The van der Waals surface area contributed by atoms with Gasteiger partial charge in [0.2, 0.25) is 0 Å². The van der Waals surface area contributed by atoms with E-state index in [1.54, 1.807) is 0 Å². The van der Waals surface area contributed by atoms with Gasteiger partial charge in [0.25, 0.3) is 0 Å². The van der Waals surface area contributed by atoms with Crippen molar-refractivity contribution in [3.8, 4) is 11.8 Å². The number of benzene rings is 3. The maximum atomic E-state index is 5.46. The molecule has 0 saturated carbocycles. The average Bonchev–Trinajstić information content (AvgIpc) is 2.45. The quantitative estimate of drug-likeness (QED) is 0.466. The van der Waals surface area contributed by atoms with Gasteiger partial charge in [-0.1, -0.05) is 60.4 Å². The largest absolute Gasteiger partial charge is 0.320 e. The molecule has 0 aliphatic carbocycles. The summed E-state index contributed by atoms with van der Waals surface area (Å²) in [6, 6.07) is 18.9. The van der Waals surface area contributed by atoms with Crippen LogP contribution in [0.3, 0.4) is 0 Å². The van der Waals surface area contributed by atoms with Gasteiger partial charge < -0.3 is 5.73 Å². The molecule has 2 N–H and O–H groups in total. The van der Waals surface area contributed by atoms with Crippen LogP contribution in [0.1, 0.15) is 5.56 Å². The molecular weight excluding hydrogens is 218 g/mol. The molecular formula is C17H13N. The maximum absolute atomic E-state index is 5.46. The lowest BCUT2D eigenvalue weighted by atomic mass is 9.97. The Hall–Kier alpha value is -2.30. The van der Waals surface area contributed by atoms with E-state index >= 15 is 0 Å². The van der Waals surface area contributed by atoms with Gasteiger partial charge in [-0.3, -0.25) is 0 Å². The molecule has 3 aromatic carbocycles. The number of hydrogen-bond acceptors (Lipinski definition) is 1. The Balaban J connectivity index is 2.46. The average molecular weight is 231 g/mol. The summed E-state index contributed by atoms with van der Waals surface area (Å²) in [6.45, 7) is 0.390. The number of rotatable bonds is 0. The molecule has 0 saturated heterocycles. The number of nitrogens with two attached hydrogens (primary N) is 1. The van der Waals surface area contributed by atoms with Crippen molar-refractivity contribution in [3.63, 3.8) is 0 Å². The van der Waals surface area contributed by atoms with Gasteiger partial charge in [0.1, 0.15) is 0 Å². The summed E-state index contributed by atoms with van der Waals surface area (Å²) in [5.74, 6) is 6.10. The molecule has 1 nitrogen and oxygen atoms in total. The molecule has 86 valence electrons. The number of hydrogen-bond donors (Lipinski definition) is 1. The third kappa shape index (κ3) is 1.73. The van der Waals surface area contributed by atoms with Crippen LogP contribution in [0.4, 0.5) is 0 Å². The summed E-state index contributed by atoms with van der Waals surface area (Å²) in [7, 11) is 0. The van der Waals surface area contributed by atoms with Crippen LogP contribution in [-0.2, 0) is 0 Å². The predicted molar refractivity (Wildman–Crippen MR) is 77.4 cm³/mol. The standard InChI is InChI=1S/C17H13N/c18-11-5-7-14-12-13-6-1-2-8-15(13)17-10-4-3-9-16(14)17/h1-4,6,8-10,12H,11,18H2. The minimum absolute atomic E-state index is 0.390. The molecule has 0 spiro atoms. The molecule has 0 fully saturated rings. The first kappa shape index (κ1) is 10.8. The van der Waals surface area contributed by atoms with Crippen LogP contribution in [0, 0.1) is 11.8 Å². The van der Waals surface area contributed by atoms with Gasteiger partial charge in [-0.2, -0.15) is 0 Å². The van der Waals surface area contributed by atoms with Crippen LogP contribution in [0.2, 0.25) is 0 Å². The zero-order valence-corrected chi connectivity index (χ0v) is 9.98. The smallest absolute Gasteiger partial charge is 0.0555 e. The Morgan fingerprint density at radius 1 is 0.833 bits per heavy atom. The molecule has 0 bridgehead atoms. The molecule has 3 rings (SSSR count). The van der Waals surface area contributed by atoms with E-state index < -0.39 is 0 Å². The normalized spacial score (nSPS) is 10.3. The highest BCUT2D eigenvalue weighted by atomic mass is 14.5. The van der Waals surface area contributed by atoms with E-state index in [4.69, 9.17) is 5.73 Å². The van der Waals surface area contributed by atoms with Crippen LogP contribution >= 0.6 is 0 Å². The first-order valence-corrected chi connectivity index (χ1v) is 5.99. The van der Waals surface area contributed by atoms with E-state index in [-0.39, 0.29) is 0 Å². The van der Waals surface area contributed by atoms with Crippen molar-refractivity contribution in [1.29, 1.82) is 0 Å². The molecule has 1 heteroatoms. The molecule has 0 amide bonds. The first-order chi connectivity index (χ1) is 8.90. The van der Waals surface area contributed by atoms with E-state index in [0.717, 1.165) is 5.56 Å². The second-order valence-electron chi connectivity index (χ2n) is 4.20. The summed E-state index contributed by atoms with van der Waals surface area (Å²) in [6.07, 6.45) is 0. The minimum atomic E-state index is 0.390. The van der Waals surface area contributed by atoms with Crippen LogP contribution in [0.15, 0.2) is 54.6 Å². The van der Waals surface area contributed by atoms with Gasteiger partial charge in [0.15, 0.2) is 0 Å². The fraction of sp³-hybridized carbons (Fsp3) is 0.0588. The second-order valence-corrected chi connectivity index (χ2v) is 4.20. The molecule has 0 atom stereocenters. The summed E-state index contributed by atoms with van der Waals surface area (Å²) >= 11 is 0. The van der Waals surface area contributed by atoms with Gasteiger partial charge in [-0.25, -0.2) is 0 Å². The third-order valence-corrected chi connectivity index (χ3v) is 3.09. The van der Waals surface area contributed by atoms with Crippen molar-refractivity contribution in [2.75, 3.05) is 6.54 Å². The second kappa shape index (κ2) is 4.52. The highest BCUT2D eigenvalue weighted by Crippen LogP contribution is 2.27. The van der Waals surface area contributed by atoms with Gasteiger partial charge in [-0.15, -0.1) is 0 Å². The lowest BCUT2D eigenvalue weighted by Crippen LogP contribution is -1.93. The van der Waals surface area contributed by atoms with Gasteiger partial charge in [-0.05, 0) is 27.6 Å². The van der Waals surface area contributed by atoms with E-state index in [2.05, 4.69) is 60.4 Å². The predicted octanol–water partition coefficient (Wildman–Crippen LogP) is 3.30. The van der Waals surface area contributed by atoms with E-state index in [1.165, 1.54) is 21.5 Å². The lowest BCUT2D eigenvalue weighted by molar-refractivity contribution is 1.30. The van der Waals surface area contributed by atoms with E-state index in [1.807, 2.05) is 6.07 Å². The van der Waals surface area contributed by atoms with Crippen LogP contribution in [0.5, 0.6) is 0 Å². The summed E-state index contributed by atoms with van der Waals surface area (Å²) in [4.78, 5) is 0. The molecule has 0 heterocycles. The van der Waals surface area contributed by atoms with Gasteiger partial charge >= 0.3 is 0 Å². The van der Waals surface area contributed by atoms with Crippen molar-refractivity contribution in [2.45, 2.75) is 0 Å². The summed E-state index contributed by atoms with van der Waals surface area (Å²) in [5, 5.41) is 4.93. The molecule has 0 aliphatic heterocycles. The summed E-state index contributed by atoms with van der Waals surface area (Å²) in [5.41, 5.74) is 6.51. The minimum Gasteiger partial charge on any atom is -0.320 e. The van der Waals surface area contributed by atoms with Crippen LogP contribution in [0.25, 0.3) is 21.5 Å². The molecule has 0 radical (unpaired) electrons. The van der Waals surface area contributed by atoms with Gasteiger partial charge in [0.05, 0.1) is 6.54 Å². The fourth-order valence-corrected chi connectivity index (χ4v) is 2.30. The Morgan fingerprint density at radius 3 is 2.28 bits per heavy atom. The molecule has 0 unspecified atom stereocenters. The van der Waals surface area contributed by atoms with Crippen LogP contribution < -0.4 is 5.73 Å². The molecule has 3 aromatic rings. The molecule has 0 aliphatic rings. The Morgan fingerprint density at radius 2 is 1.50 bits per heavy atom. The Bertz CT molecular complexity index is 776. The van der Waals surface area contributed by atoms with Crippen molar-refractivity contribution in [2.24, 2.45) is 5.73 Å². The first-order valence-electron chi connectivity index (χ1n) is 5.99. The Labute approximate surface area is 106 Å². The van der Waals surface area contributed by atoms with Crippen molar-refractivity contribution in [1.82, 2.24) is 0 Å². The van der Waals surface area contributed by atoms with E-state index in [0.29, 0.717) is 6.54 Å². The maximum Gasteiger partial charge on any atom is 0.0555 e. The van der Waals surface area contributed by atoms with Crippen molar-refractivity contribution >= 4 is 21.5 Å². The number of fused-ring (bicyclic) bond motifs is 3. The highest BCUT2D eigenvalue weighted by Gasteiger charge is 2.03. The monoisotopic (exact) mass is 231 g/mol. The SMILES string of the molecule is NCC#Cc1cc2ccccc2c2ccccc12. The molecule has 0 aromatic heterocycles. The fourth-order valence-electron chi connectivity index (χ4n) is 2.30. The third-order valence-electron chi connectivity index (χ3n) is 3.09. The van der Waals surface area contributed by atoms with Crippen LogP contribution in [-0.4, -0.2) is 6.54 Å². The van der Waals surface area contributed by atoms with E-state index in [9.17, 15) is 0 Å². The van der Waals surface area contributed by atoms with Crippen molar-refractivity contribution in [3.05, 3.63) is 60.2 Å². The molecule has 18 heavy (non-hydrogen) atoms. The Kier molecular flexibility index (Phi) is 2.72.